The number of furan rings is 1. The number of nitrogens with zero attached hydrogens (tertiary/aromatic N) is 1. The van der Waals surface area contributed by atoms with Gasteiger partial charge in [0.05, 0.1) is 11.0 Å². The smallest absolute Gasteiger partial charge is 0.160 e. The summed E-state index contributed by atoms with van der Waals surface area (Å²) in [5.74, 6) is 0.0690. The zero-order valence-corrected chi connectivity index (χ0v) is 20.1. The summed E-state index contributed by atoms with van der Waals surface area (Å²) in [4.78, 5) is 12.4. The number of carbonyl (C=O) groups is 1. The summed E-state index contributed by atoms with van der Waals surface area (Å²) in [5.41, 5.74) is 9.00. The molecule has 3 heteroatoms. The van der Waals surface area contributed by atoms with Crippen molar-refractivity contribution in [3.63, 3.8) is 0 Å². The van der Waals surface area contributed by atoms with Crippen LogP contribution < -0.4 is 0 Å². The van der Waals surface area contributed by atoms with Crippen molar-refractivity contribution < 1.29 is 9.21 Å². The minimum atomic E-state index is 0.0690. The first-order valence-electron chi connectivity index (χ1n) is 12.2. The lowest BCUT2D eigenvalue weighted by molar-refractivity contribution is 0.101. The average Bonchev–Trinajstić information content (AvgIpc) is 3.42. The van der Waals surface area contributed by atoms with E-state index in [4.69, 9.17) is 4.42 Å². The number of benzene rings is 5. The SMILES string of the molecule is CC(=O)c1ccccc1-c1cccc(-n2c3ccccc3c3cc4c(cc32)oc2ccccc24)c1C. The van der Waals surface area contributed by atoms with E-state index in [-0.39, 0.29) is 5.78 Å². The highest BCUT2D eigenvalue weighted by Gasteiger charge is 2.19. The molecule has 0 radical (unpaired) electrons. The maximum atomic E-state index is 12.4. The van der Waals surface area contributed by atoms with Gasteiger partial charge < -0.3 is 8.98 Å². The molecule has 0 bridgehead atoms. The molecule has 0 aliphatic heterocycles. The molecule has 0 unspecified atom stereocenters. The molecule has 2 heterocycles. The van der Waals surface area contributed by atoms with Gasteiger partial charge in [-0.3, -0.25) is 4.79 Å². The number of Topliss-reactive ketones (excluding diaryl/α,β-unsaturated/α-hetero) is 1. The first kappa shape index (κ1) is 20.7. The number of aromatic nitrogens is 1. The van der Waals surface area contributed by atoms with E-state index in [2.05, 4.69) is 78.2 Å². The molecule has 7 aromatic rings. The molecular formula is C33H23NO2. The van der Waals surface area contributed by atoms with Gasteiger partial charge in [-0.1, -0.05) is 72.8 Å². The summed E-state index contributed by atoms with van der Waals surface area (Å²) in [6.45, 7) is 3.77. The minimum absolute atomic E-state index is 0.0690. The minimum Gasteiger partial charge on any atom is -0.456 e. The van der Waals surface area contributed by atoms with Crippen LogP contribution in [-0.2, 0) is 0 Å². The lowest BCUT2D eigenvalue weighted by Gasteiger charge is -2.16. The first-order valence-corrected chi connectivity index (χ1v) is 12.2. The van der Waals surface area contributed by atoms with Gasteiger partial charge in [-0.15, -0.1) is 0 Å². The van der Waals surface area contributed by atoms with E-state index in [1.165, 1.54) is 10.8 Å². The number of carbonyl (C=O) groups excluding carboxylic acids is 1. The molecule has 0 saturated carbocycles. The molecule has 36 heavy (non-hydrogen) atoms. The van der Waals surface area contributed by atoms with Gasteiger partial charge in [0.25, 0.3) is 0 Å². The highest BCUT2D eigenvalue weighted by molar-refractivity contribution is 6.17. The van der Waals surface area contributed by atoms with Crippen molar-refractivity contribution in [1.29, 1.82) is 0 Å². The standard InChI is InChI=1S/C33H23NO2/c1-20-22(24-11-4-3-10-23(24)21(2)35)14-9-16-29(20)34-30-15-7-5-12-25(30)27-18-28-26-13-6-8-17-32(26)36-33(28)19-31(27)34/h3-19H,1-2H3. The van der Waals surface area contributed by atoms with Crippen molar-refractivity contribution >= 4 is 49.5 Å². The Morgan fingerprint density at radius 1 is 0.639 bits per heavy atom. The number of fused-ring (bicyclic) bond motifs is 6. The third-order valence-corrected chi connectivity index (χ3v) is 7.31. The van der Waals surface area contributed by atoms with Gasteiger partial charge in [-0.25, -0.2) is 0 Å². The van der Waals surface area contributed by atoms with Crippen molar-refractivity contribution in [1.82, 2.24) is 4.57 Å². The van der Waals surface area contributed by atoms with E-state index in [9.17, 15) is 4.79 Å². The highest BCUT2D eigenvalue weighted by atomic mass is 16.3. The van der Waals surface area contributed by atoms with E-state index in [0.717, 1.165) is 60.9 Å². The molecule has 0 atom stereocenters. The van der Waals surface area contributed by atoms with Gasteiger partial charge >= 0.3 is 0 Å². The van der Waals surface area contributed by atoms with Gasteiger partial charge in [-0.2, -0.15) is 0 Å². The average molecular weight is 466 g/mol. The van der Waals surface area contributed by atoms with Crippen LogP contribution in [0.5, 0.6) is 0 Å². The molecule has 172 valence electrons. The molecule has 0 saturated heterocycles. The van der Waals surface area contributed by atoms with Crippen molar-refractivity contribution in [2.45, 2.75) is 13.8 Å². The predicted octanol–water partition coefficient (Wildman–Crippen LogP) is 8.86. The lowest BCUT2D eigenvalue weighted by atomic mass is 9.93. The predicted molar refractivity (Wildman–Crippen MR) is 148 cm³/mol. The fourth-order valence-electron chi connectivity index (χ4n) is 5.63. The van der Waals surface area contributed by atoms with Gasteiger partial charge in [0, 0.05) is 38.9 Å². The summed E-state index contributed by atoms with van der Waals surface area (Å²) < 4.78 is 8.59. The second kappa shape index (κ2) is 7.69. The van der Waals surface area contributed by atoms with Crippen LogP contribution in [0.4, 0.5) is 0 Å². The van der Waals surface area contributed by atoms with Gasteiger partial charge in [-0.05, 0) is 54.8 Å². The molecular weight excluding hydrogens is 442 g/mol. The van der Waals surface area contributed by atoms with Crippen LogP contribution in [0.1, 0.15) is 22.8 Å². The Morgan fingerprint density at radius 3 is 2.22 bits per heavy atom. The zero-order chi connectivity index (χ0) is 24.4. The molecule has 3 nitrogen and oxygen atoms in total. The second-order valence-electron chi connectivity index (χ2n) is 9.37. The zero-order valence-electron chi connectivity index (χ0n) is 20.1. The van der Waals surface area contributed by atoms with Crippen LogP contribution in [0, 0.1) is 6.92 Å². The fraction of sp³-hybridized carbons (Fsp3) is 0.0606. The van der Waals surface area contributed by atoms with Gasteiger partial charge in [0.1, 0.15) is 11.2 Å². The number of rotatable bonds is 3. The molecule has 0 fully saturated rings. The van der Waals surface area contributed by atoms with Gasteiger partial charge in [0.2, 0.25) is 0 Å². The van der Waals surface area contributed by atoms with Crippen LogP contribution >= 0.6 is 0 Å². The third-order valence-electron chi connectivity index (χ3n) is 7.31. The largest absolute Gasteiger partial charge is 0.456 e. The van der Waals surface area contributed by atoms with Crippen LogP contribution in [0.25, 0.3) is 60.6 Å². The molecule has 5 aromatic carbocycles. The van der Waals surface area contributed by atoms with Crippen molar-refractivity contribution in [2.24, 2.45) is 0 Å². The van der Waals surface area contributed by atoms with E-state index >= 15 is 0 Å². The molecule has 7 rings (SSSR count). The summed E-state index contributed by atoms with van der Waals surface area (Å²) in [7, 11) is 0. The maximum Gasteiger partial charge on any atom is 0.160 e. The Bertz CT molecular complexity index is 1990. The van der Waals surface area contributed by atoms with E-state index in [0.29, 0.717) is 0 Å². The molecule has 0 aliphatic rings. The summed E-state index contributed by atoms with van der Waals surface area (Å²) >= 11 is 0. The van der Waals surface area contributed by atoms with Crippen molar-refractivity contribution in [2.75, 3.05) is 0 Å². The Morgan fingerprint density at radius 2 is 1.36 bits per heavy atom. The molecule has 0 aliphatic carbocycles. The van der Waals surface area contributed by atoms with Crippen LogP contribution in [-0.4, -0.2) is 10.4 Å². The Balaban J connectivity index is 1.57. The van der Waals surface area contributed by atoms with Crippen molar-refractivity contribution in [3.05, 3.63) is 114 Å². The summed E-state index contributed by atoms with van der Waals surface area (Å²) in [6, 6.07) is 35.4. The third kappa shape index (κ3) is 2.89. The topological polar surface area (TPSA) is 35.1 Å². The quantitative estimate of drug-likeness (QED) is 0.244. The normalized spacial score (nSPS) is 11.7. The Labute approximate surface area is 208 Å². The Hall–Kier alpha value is -4.63. The molecule has 0 spiro atoms. The highest BCUT2D eigenvalue weighted by Crippen LogP contribution is 2.40. The fourth-order valence-corrected chi connectivity index (χ4v) is 5.63. The number of hydrogen-bond acceptors (Lipinski definition) is 2. The Kier molecular flexibility index (Phi) is 4.43. The molecule has 2 aromatic heterocycles. The van der Waals surface area contributed by atoms with Gasteiger partial charge in [0.15, 0.2) is 5.78 Å². The lowest BCUT2D eigenvalue weighted by Crippen LogP contribution is -2.01. The molecule has 0 amide bonds. The first-order chi connectivity index (χ1) is 17.6. The van der Waals surface area contributed by atoms with Crippen LogP contribution in [0.15, 0.2) is 108 Å². The van der Waals surface area contributed by atoms with Crippen LogP contribution in [0.3, 0.4) is 0 Å². The molecule has 0 N–H and O–H groups in total. The van der Waals surface area contributed by atoms with E-state index < -0.39 is 0 Å². The van der Waals surface area contributed by atoms with Crippen molar-refractivity contribution in [3.8, 4) is 16.8 Å². The van der Waals surface area contributed by atoms with E-state index in [1.807, 2.05) is 36.4 Å². The number of hydrogen-bond donors (Lipinski definition) is 0. The van der Waals surface area contributed by atoms with Crippen LogP contribution in [0.2, 0.25) is 0 Å². The number of ketones is 1. The maximum absolute atomic E-state index is 12.4. The number of para-hydroxylation sites is 2. The monoisotopic (exact) mass is 465 g/mol. The summed E-state index contributed by atoms with van der Waals surface area (Å²) in [5, 5.41) is 4.65. The van der Waals surface area contributed by atoms with E-state index in [1.54, 1.807) is 6.92 Å². The second-order valence-corrected chi connectivity index (χ2v) is 9.37. The summed E-state index contributed by atoms with van der Waals surface area (Å²) in [6.07, 6.45) is 0.